The summed E-state index contributed by atoms with van der Waals surface area (Å²) < 4.78 is 15.9. The molecule has 1 rings (SSSR count). The molecule has 1 fully saturated rings. The molecule has 0 aromatic carbocycles. The number of esters is 3. The first-order chi connectivity index (χ1) is 24.2. The molecular formula is C42H80N2O6. The summed E-state index contributed by atoms with van der Waals surface area (Å²) >= 11 is 0. The van der Waals surface area contributed by atoms with Crippen LogP contribution in [0.3, 0.4) is 0 Å². The van der Waals surface area contributed by atoms with E-state index in [1.165, 1.54) is 136 Å². The second-order valence-corrected chi connectivity index (χ2v) is 15.7. The number of hydrogen-bond donors (Lipinski definition) is 0. The first-order valence-electron chi connectivity index (χ1n) is 21.0. The minimum Gasteiger partial charge on any atom is -0.469 e. The molecule has 1 aliphatic carbocycles. The van der Waals surface area contributed by atoms with Crippen molar-refractivity contribution in [1.82, 2.24) is 9.80 Å². The molecule has 0 spiro atoms. The molecule has 1 saturated carbocycles. The summed E-state index contributed by atoms with van der Waals surface area (Å²) in [7, 11) is 9.43. The zero-order valence-corrected chi connectivity index (χ0v) is 33.5. The van der Waals surface area contributed by atoms with E-state index in [1.54, 1.807) is 0 Å². The van der Waals surface area contributed by atoms with Gasteiger partial charge >= 0.3 is 17.9 Å². The number of rotatable bonds is 36. The van der Waals surface area contributed by atoms with E-state index in [0.717, 1.165) is 57.0 Å². The fraction of sp³-hybridized carbons (Fsp3) is 0.929. The largest absolute Gasteiger partial charge is 0.469 e. The van der Waals surface area contributed by atoms with Gasteiger partial charge in [0.05, 0.1) is 7.11 Å². The average Bonchev–Trinajstić information content (AvgIpc) is 3.82. The molecule has 0 aromatic heterocycles. The van der Waals surface area contributed by atoms with Crippen molar-refractivity contribution in [1.29, 1.82) is 0 Å². The van der Waals surface area contributed by atoms with Gasteiger partial charge in [-0.2, -0.15) is 0 Å². The number of unbranched alkanes of at least 4 members (excludes halogenated alkanes) is 18. The van der Waals surface area contributed by atoms with Crippen molar-refractivity contribution >= 4 is 17.9 Å². The van der Waals surface area contributed by atoms with E-state index in [4.69, 9.17) is 14.2 Å². The van der Waals surface area contributed by atoms with Crippen molar-refractivity contribution < 1.29 is 28.6 Å². The van der Waals surface area contributed by atoms with Gasteiger partial charge in [-0.3, -0.25) is 14.4 Å². The lowest BCUT2D eigenvalue weighted by atomic mass is 10.0. The number of carbonyl (C=O) groups is 3. The van der Waals surface area contributed by atoms with Crippen LogP contribution in [0.25, 0.3) is 0 Å². The highest BCUT2D eigenvalue weighted by Gasteiger charge is 2.35. The molecule has 0 aliphatic heterocycles. The fourth-order valence-electron chi connectivity index (χ4n) is 6.97. The summed E-state index contributed by atoms with van der Waals surface area (Å²) in [6.07, 6.45) is 32.7. The van der Waals surface area contributed by atoms with Crippen LogP contribution in [0.15, 0.2) is 0 Å². The lowest BCUT2D eigenvalue weighted by Gasteiger charge is -2.19. The minimum atomic E-state index is -0.756. The van der Waals surface area contributed by atoms with Crippen LogP contribution >= 0.6 is 0 Å². The lowest BCUT2D eigenvalue weighted by Crippen LogP contribution is -2.26. The Morgan fingerprint density at radius 3 is 1.20 bits per heavy atom. The molecule has 294 valence electrons. The van der Waals surface area contributed by atoms with Gasteiger partial charge in [0.15, 0.2) is 0 Å². The zero-order valence-electron chi connectivity index (χ0n) is 33.5. The summed E-state index contributed by atoms with van der Waals surface area (Å²) in [6, 6.07) is 0. The first-order valence-corrected chi connectivity index (χ1v) is 21.0. The van der Waals surface area contributed by atoms with E-state index in [2.05, 4.69) is 0 Å². The zero-order chi connectivity index (χ0) is 36.7. The highest BCUT2D eigenvalue weighted by atomic mass is 16.7. The van der Waals surface area contributed by atoms with Crippen LogP contribution in [0.2, 0.25) is 0 Å². The predicted molar refractivity (Wildman–Crippen MR) is 206 cm³/mol. The molecule has 8 nitrogen and oxygen atoms in total. The maximum absolute atomic E-state index is 12.3. The topological polar surface area (TPSA) is 85.4 Å². The monoisotopic (exact) mass is 709 g/mol. The molecule has 0 N–H and O–H groups in total. The Morgan fingerprint density at radius 1 is 0.480 bits per heavy atom. The standard InChI is InChI=1S/C42H80N2O6/c1-43(2)34-26-31-40(46)49-42(50-41(47)32-27-35-44(3)4)33-25-20-18-16-14-12-10-8-6-7-9-11-13-15-17-19-22-28-37-36-38(37)29-23-21-24-30-39(45)48-5/h37-38,42H,6-36H2,1-5H3. The molecule has 8 heteroatoms. The van der Waals surface area contributed by atoms with Crippen LogP contribution < -0.4 is 0 Å². The molecular weight excluding hydrogens is 628 g/mol. The highest BCUT2D eigenvalue weighted by molar-refractivity contribution is 5.71. The molecule has 0 amide bonds. The minimum absolute atomic E-state index is 0.0677. The third-order valence-corrected chi connectivity index (χ3v) is 10.3. The van der Waals surface area contributed by atoms with Gasteiger partial charge in [-0.15, -0.1) is 0 Å². The summed E-state index contributed by atoms with van der Waals surface area (Å²) in [4.78, 5) is 39.9. The molecule has 0 aromatic rings. The van der Waals surface area contributed by atoms with Crippen molar-refractivity contribution in [2.24, 2.45) is 11.8 Å². The van der Waals surface area contributed by atoms with Crippen LogP contribution in [-0.2, 0) is 28.6 Å². The molecule has 1 aliphatic rings. The molecule has 2 unspecified atom stereocenters. The van der Waals surface area contributed by atoms with Gasteiger partial charge in [0.2, 0.25) is 6.29 Å². The number of methoxy groups -OCH3 is 1. The number of nitrogens with zero attached hydrogens (tertiary/aromatic N) is 2. The first kappa shape index (κ1) is 46.4. The third kappa shape index (κ3) is 30.0. The van der Waals surface area contributed by atoms with Crippen molar-refractivity contribution in [2.75, 3.05) is 48.4 Å². The Labute approximate surface area is 308 Å². The average molecular weight is 709 g/mol. The van der Waals surface area contributed by atoms with Crippen LogP contribution in [0.5, 0.6) is 0 Å². The Hall–Kier alpha value is -1.67. The Balaban J connectivity index is 1.91. The maximum atomic E-state index is 12.3. The van der Waals surface area contributed by atoms with E-state index in [1.807, 2.05) is 38.0 Å². The summed E-state index contributed by atoms with van der Waals surface area (Å²) in [5.74, 6) is 1.36. The van der Waals surface area contributed by atoms with E-state index in [9.17, 15) is 14.4 Å². The van der Waals surface area contributed by atoms with Crippen molar-refractivity contribution in [3.05, 3.63) is 0 Å². The quantitative estimate of drug-likeness (QED) is 0.0361. The van der Waals surface area contributed by atoms with Crippen molar-refractivity contribution in [2.45, 2.75) is 192 Å². The number of hydrogen-bond acceptors (Lipinski definition) is 8. The van der Waals surface area contributed by atoms with Gasteiger partial charge in [0.1, 0.15) is 0 Å². The molecule has 0 radical (unpaired) electrons. The lowest BCUT2D eigenvalue weighted by molar-refractivity contribution is -0.189. The van der Waals surface area contributed by atoms with Crippen LogP contribution in [0.4, 0.5) is 0 Å². The van der Waals surface area contributed by atoms with E-state index in [0.29, 0.717) is 25.7 Å². The molecule has 50 heavy (non-hydrogen) atoms. The van der Waals surface area contributed by atoms with Gasteiger partial charge in [-0.05, 0) is 85.2 Å². The second-order valence-electron chi connectivity index (χ2n) is 15.7. The highest BCUT2D eigenvalue weighted by Crippen LogP contribution is 2.45. The van der Waals surface area contributed by atoms with Crippen LogP contribution in [0.1, 0.15) is 186 Å². The Morgan fingerprint density at radius 2 is 0.820 bits per heavy atom. The maximum Gasteiger partial charge on any atom is 0.308 e. The van der Waals surface area contributed by atoms with Gasteiger partial charge in [-0.1, -0.05) is 128 Å². The second kappa shape index (κ2) is 32.0. The SMILES string of the molecule is COC(=O)CCCCCC1CC1CCCCCCCCCCCCCCCCCCCC(OC(=O)CCCN(C)C)OC(=O)CCCN(C)C. The predicted octanol–water partition coefficient (Wildman–Crippen LogP) is 10.3. The van der Waals surface area contributed by atoms with E-state index in [-0.39, 0.29) is 17.9 Å². The molecule has 0 bridgehead atoms. The number of ether oxygens (including phenoxy) is 3. The van der Waals surface area contributed by atoms with Crippen molar-refractivity contribution in [3.63, 3.8) is 0 Å². The van der Waals surface area contributed by atoms with E-state index >= 15 is 0 Å². The number of carbonyl (C=O) groups excluding carboxylic acids is 3. The van der Waals surface area contributed by atoms with Crippen LogP contribution in [-0.4, -0.2) is 82.4 Å². The van der Waals surface area contributed by atoms with Gasteiger partial charge < -0.3 is 24.0 Å². The van der Waals surface area contributed by atoms with Gasteiger partial charge in [0.25, 0.3) is 0 Å². The molecule has 0 saturated heterocycles. The van der Waals surface area contributed by atoms with Gasteiger partial charge in [-0.25, -0.2) is 0 Å². The Kier molecular flexibility index (Phi) is 29.7. The van der Waals surface area contributed by atoms with Crippen molar-refractivity contribution in [3.8, 4) is 0 Å². The van der Waals surface area contributed by atoms with E-state index < -0.39 is 6.29 Å². The normalized spacial score (nSPS) is 15.6. The summed E-state index contributed by atoms with van der Waals surface area (Å²) in [5, 5.41) is 0. The molecule has 2 atom stereocenters. The van der Waals surface area contributed by atoms with Crippen LogP contribution in [0, 0.1) is 11.8 Å². The Bertz CT molecular complexity index is 807. The summed E-state index contributed by atoms with van der Waals surface area (Å²) in [5.41, 5.74) is 0. The van der Waals surface area contributed by atoms with Gasteiger partial charge in [0, 0.05) is 25.7 Å². The third-order valence-electron chi connectivity index (χ3n) is 10.3. The summed E-state index contributed by atoms with van der Waals surface area (Å²) in [6.45, 7) is 1.66. The smallest absolute Gasteiger partial charge is 0.308 e. The molecule has 0 heterocycles. The fourth-order valence-corrected chi connectivity index (χ4v) is 6.97.